The van der Waals surface area contributed by atoms with Gasteiger partial charge in [-0.3, -0.25) is 14.3 Å². The maximum Gasteiger partial charge on any atom is 0.471 e. The fourth-order valence-corrected chi connectivity index (χ4v) is 4.59. The molecule has 1 aliphatic heterocycles. The first kappa shape index (κ1) is 25.1. The summed E-state index contributed by atoms with van der Waals surface area (Å²) in [7, 11) is -2.52. The highest BCUT2D eigenvalue weighted by Gasteiger charge is 2.38. The molecule has 174 valence electrons. The van der Waals surface area contributed by atoms with Crippen molar-refractivity contribution >= 4 is 21.8 Å². The Hall–Kier alpha value is -2.18. The topological polar surface area (TPSA) is 114 Å². The third kappa shape index (κ3) is 7.47. The molecule has 3 N–H and O–H groups in total. The fraction of sp³-hybridized carbons (Fsp3) is 0.579. The Balaban J connectivity index is 1.92. The van der Waals surface area contributed by atoms with Crippen molar-refractivity contribution in [1.29, 1.82) is 0 Å². The quantitative estimate of drug-likeness (QED) is 0.505. The summed E-state index contributed by atoms with van der Waals surface area (Å²) in [4.78, 5) is 23.3. The number of hydrogen-bond acceptors (Lipinski definition) is 6. The van der Waals surface area contributed by atoms with E-state index in [4.69, 9.17) is 4.74 Å². The molecular formula is C19H26F3N3O5S. The van der Waals surface area contributed by atoms with Gasteiger partial charge in [0.1, 0.15) is 0 Å². The van der Waals surface area contributed by atoms with Gasteiger partial charge in [-0.2, -0.15) is 13.2 Å². The molecule has 1 unspecified atom stereocenters. The lowest BCUT2D eigenvalue weighted by Gasteiger charge is -2.27. The van der Waals surface area contributed by atoms with Crippen LogP contribution in [0.3, 0.4) is 0 Å². The largest absolute Gasteiger partial charge is 0.471 e. The molecule has 31 heavy (non-hydrogen) atoms. The van der Waals surface area contributed by atoms with Crippen molar-refractivity contribution in [1.82, 2.24) is 15.4 Å². The normalized spacial score (nSPS) is 18.9. The lowest BCUT2D eigenvalue weighted by atomic mass is 9.96. The molecule has 0 aromatic heterocycles. The van der Waals surface area contributed by atoms with Crippen LogP contribution in [0.4, 0.5) is 13.2 Å². The van der Waals surface area contributed by atoms with Crippen molar-refractivity contribution in [3.05, 3.63) is 35.4 Å². The summed E-state index contributed by atoms with van der Waals surface area (Å²) in [5.41, 5.74) is 0.697. The van der Waals surface area contributed by atoms with Gasteiger partial charge >= 0.3 is 12.1 Å². The Labute approximate surface area is 179 Å². The average Bonchev–Trinajstić information content (AvgIpc) is 3.20. The van der Waals surface area contributed by atoms with Crippen molar-refractivity contribution in [3.63, 3.8) is 0 Å². The van der Waals surface area contributed by atoms with Gasteiger partial charge in [0.2, 0.25) is 15.9 Å². The Morgan fingerprint density at radius 3 is 2.35 bits per heavy atom. The van der Waals surface area contributed by atoms with Gasteiger partial charge in [-0.05, 0) is 30.5 Å². The van der Waals surface area contributed by atoms with Crippen LogP contribution < -0.4 is 15.4 Å². The van der Waals surface area contributed by atoms with Gasteiger partial charge in [-0.25, -0.2) is 8.42 Å². The maximum atomic E-state index is 12.5. The number of amides is 2. The second-order valence-corrected chi connectivity index (χ2v) is 9.14. The van der Waals surface area contributed by atoms with Crippen LogP contribution in [-0.4, -0.2) is 52.2 Å². The number of nitrogens with one attached hydrogen (secondary N) is 3. The van der Waals surface area contributed by atoms with Gasteiger partial charge in [0.05, 0.1) is 17.8 Å². The minimum Gasteiger partial charge on any atom is -0.379 e. The van der Waals surface area contributed by atoms with Crippen LogP contribution in [0, 0.1) is 5.92 Å². The highest BCUT2D eigenvalue weighted by Crippen LogP contribution is 2.19. The summed E-state index contributed by atoms with van der Waals surface area (Å²) in [6.07, 6.45) is -3.66. The number of alkyl halides is 3. The molecule has 0 bridgehead atoms. The van der Waals surface area contributed by atoms with Gasteiger partial charge in [0.15, 0.2) is 0 Å². The van der Waals surface area contributed by atoms with Crippen molar-refractivity contribution in [3.8, 4) is 0 Å². The Morgan fingerprint density at radius 2 is 1.84 bits per heavy atom. The molecule has 1 aliphatic rings. The van der Waals surface area contributed by atoms with E-state index < -0.39 is 45.8 Å². The number of carbonyl (C=O) groups is 2. The zero-order valence-corrected chi connectivity index (χ0v) is 18.0. The van der Waals surface area contributed by atoms with E-state index in [1.54, 1.807) is 12.2 Å². The monoisotopic (exact) mass is 465 g/mol. The zero-order valence-electron chi connectivity index (χ0n) is 17.2. The van der Waals surface area contributed by atoms with Crippen LogP contribution in [0.5, 0.6) is 0 Å². The number of ether oxygens (including phenoxy) is 1. The summed E-state index contributed by atoms with van der Waals surface area (Å²) in [5.74, 6) is -3.92. The number of sulfonamides is 1. The molecule has 0 radical (unpaired) electrons. The summed E-state index contributed by atoms with van der Waals surface area (Å²) < 4.78 is 68.8. The third-order valence-electron chi connectivity index (χ3n) is 5.02. The summed E-state index contributed by atoms with van der Waals surface area (Å²) in [5, 5.41) is 4.96. The molecule has 1 aromatic rings. The smallest absolute Gasteiger partial charge is 0.379 e. The molecule has 12 heteroatoms. The molecule has 1 aromatic carbocycles. The molecule has 0 saturated carbocycles. The minimum atomic E-state index is -4.97. The van der Waals surface area contributed by atoms with Crippen LogP contribution in [-0.2, 0) is 36.6 Å². The molecule has 1 fully saturated rings. The lowest BCUT2D eigenvalue weighted by Crippen LogP contribution is -2.47. The summed E-state index contributed by atoms with van der Waals surface area (Å²) >= 11 is 0. The van der Waals surface area contributed by atoms with Crippen LogP contribution in [0.1, 0.15) is 30.9 Å². The van der Waals surface area contributed by atoms with Gasteiger partial charge in [0, 0.05) is 19.7 Å². The number of rotatable bonds is 9. The van der Waals surface area contributed by atoms with E-state index in [9.17, 15) is 31.2 Å². The lowest BCUT2D eigenvalue weighted by molar-refractivity contribution is -0.173. The minimum absolute atomic E-state index is 0.0289. The average molecular weight is 465 g/mol. The first-order chi connectivity index (χ1) is 14.4. The number of benzene rings is 1. The molecule has 0 aliphatic carbocycles. The summed E-state index contributed by atoms with van der Waals surface area (Å²) in [6.45, 7) is 2.06. The van der Waals surface area contributed by atoms with Crippen LogP contribution in [0.2, 0.25) is 0 Å². The highest BCUT2D eigenvalue weighted by atomic mass is 32.2. The van der Waals surface area contributed by atoms with Gasteiger partial charge < -0.3 is 15.4 Å². The Kier molecular flexibility index (Phi) is 8.43. The van der Waals surface area contributed by atoms with Gasteiger partial charge in [-0.15, -0.1) is 0 Å². The van der Waals surface area contributed by atoms with Crippen molar-refractivity contribution in [2.75, 3.05) is 13.7 Å². The molecular weight excluding hydrogens is 439 g/mol. The van der Waals surface area contributed by atoms with Gasteiger partial charge in [-0.1, -0.05) is 31.2 Å². The van der Waals surface area contributed by atoms with E-state index in [2.05, 4.69) is 10.0 Å². The zero-order chi connectivity index (χ0) is 23.2. The molecule has 2 rings (SSSR count). The predicted octanol–water partition coefficient (Wildman–Crippen LogP) is 1.21. The van der Waals surface area contributed by atoms with Crippen molar-refractivity contribution < 1.29 is 35.9 Å². The third-order valence-corrected chi connectivity index (χ3v) is 6.25. The number of carbonyl (C=O) groups excluding carboxylic acids is 2. The molecule has 1 heterocycles. The number of methoxy groups -OCH3 is 1. The highest BCUT2D eigenvalue weighted by molar-refractivity contribution is 7.89. The molecule has 1 saturated heterocycles. The maximum absolute atomic E-state index is 12.5. The van der Waals surface area contributed by atoms with Crippen LogP contribution in [0.25, 0.3) is 0 Å². The first-order valence-electron chi connectivity index (χ1n) is 9.66. The number of halogens is 3. The van der Waals surface area contributed by atoms with Gasteiger partial charge in [0.25, 0.3) is 0 Å². The molecule has 2 amide bonds. The molecule has 3 atom stereocenters. The number of hydrogen-bond donors (Lipinski definition) is 3. The van der Waals surface area contributed by atoms with E-state index in [1.807, 2.05) is 0 Å². The van der Waals surface area contributed by atoms with E-state index in [-0.39, 0.29) is 12.6 Å². The van der Waals surface area contributed by atoms with Crippen molar-refractivity contribution in [2.45, 2.75) is 50.4 Å². The SMILES string of the molecule is CO[C@@H](C1CCCN1)[C@@H](C)C(=O)NS(=O)(=O)Cc1ccc(CNC(=O)C(F)(F)F)cc1. The van der Waals surface area contributed by atoms with Crippen LogP contribution in [0.15, 0.2) is 24.3 Å². The first-order valence-corrected chi connectivity index (χ1v) is 11.3. The standard InChI is InChI=1S/C19H26F3N3O5S/c1-12(16(30-2)15-4-3-9-23-15)17(26)25-31(28,29)11-14-7-5-13(6-8-14)10-24-18(27)19(20,21)22/h5-8,12,15-16,23H,3-4,9-11H2,1-2H3,(H,24,27)(H,25,26)/t12-,15?,16-/m1/s1. The summed E-state index contributed by atoms with van der Waals surface area (Å²) in [6, 6.07) is 5.58. The Morgan fingerprint density at radius 1 is 1.23 bits per heavy atom. The second kappa shape index (κ2) is 10.4. The van der Waals surface area contributed by atoms with E-state index in [0.29, 0.717) is 11.1 Å². The van der Waals surface area contributed by atoms with Crippen molar-refractivity contribution in [2.24, 2.45) is 5.92 Å². The molecule has 8 nitrogen and oxygen atoms in total. The van der Waals surface area contributed by atoms with E-state index in [1.165, 1.54) is 31.4 Å². The Bertz CT molecular complexity index is 869. The van der Waals surface area contributed by atoms with E-state index in [0.717, 1.165) is 19.4 Å². The van der Waals surface area contributed by atoms with E-state index >= 15 is 0 Å². The van der Waals surface area contributed by atoms with Crippen LogP contribution >= 0.6 is 0 Å². The predicted molar refractivity (Wildman–Crippen MR) is 106 cm³/mol. The second-order valence-electron chi connectivity index (χ2n) is 7.41. The fourth-order valence-electron chi connectivity index (χ4n) is 3.40. The molecule has 0 spiro atoms.